The molecular formula is C15H19ClFNO4. The second-order valence-corrected chi connectivity index (χ2v) is 5.52. The predicted molar refractivity (Wildman–Crippen MR) is 79.7 cm³/mol. The van der Waals surface area contributed by atoms with Crippen molar-refractivity contribution in [2.75, 3.05) is 34.0 Å². The van der Waals surface area contributed by atoms with Crippen LogP contribution in [0, 0.1) is 5.82 Å². The van der Waals surface area contributed by atoms with Crippen LogP contribution in [0.25, 0.3) is 0 Å². The topological polar surface area (TPSA) is 48.0 Å². The van der Waals surface area contributed by atoms with E-state index in [0.29, 0.717) is 13.2 Å². The lowest BCUT2D eigenvalue weighted by Gasteiger charge is -2.23. The Hall–Kier alpha value is -1.37. The fourth-order valence-electron chi connectivity index (χ4n) is 2.51. The molecule has 1 fully saturated rings. The third-order valence-electron chi connectivity index (χ3n) is 3.63. The summed E-state index contributed by atoms with van der Waals surface area (Å²) < 4.78 is 28.8. The van der Waals surface area contributed by atoms with Crippen molar-refractivity contribution in [2.24, 2.45) is 0 Å². The molecule has 5 nitrogen and oxygen atoms in total. The molecule has 2 rings (SSSR count). The smallest absolute Gasteiger partial charge is 0.260 e. The Morgan fingerprint density at radius 2 is 2.23 bits per heavy atom. The number of amides is 1. The van der Waals surface area contributed by atoms with E-state index in [1.54, 1.807) is 19.1 Å². The fourth-order valence-corrected chi connectivity index (χ4v) is 2.74. The SMILES string of the molecule is COC[C@@H]1C[C@H](OC)CN1C(=O)COc1ccc(F)cc1Cl. The van der Waals surface area contributed by atoms with E-state index in [1.165, 1.54) is 12.1 Å². The van der Waals surface area contributed by atoms with Crippen molar-refractivity contribution >= 4 is 17.5 Å². The van der Waals surface area contributed by atoms with Gasteiger partial charge in [-0.25, -0.2) is 4.39 Å². The summed E-state index contributed by atoms with van der Waals surface area (Å²) in [5.41, 5.74) is 0. The molecule has 1 heterocycles. The Labute approximate surface area is 133 Å². The van der Waals surface area contributed by atoms with E-state index in [0.717, 1.165) is 12.5 Å². The summed E-state index contributed by atoms with van der Waals surface area (Å²) in [7, 11) is 3.22. The molecule has 1 aromatic carbocycles. The van der Waals surface area contributed by atoms with Crippen molar-refractivity contribution in [1.82, 2.24) is 4.90 Å². The third kappa shape index (κ3) is 4.09. The van der Waals surface area contributed by atoms with Crippen LogP contribution < -0.4 is 4.74 Å². The molecule has 122 valence electrons. The summed E-state index contributed by atoms with van der Waals surface area (Å²) in [5, 5.41) is 0.137. The van der Waals surface area contributed by atoms with E-state index in [1.807, 2.05) is 0 Å². The van der Waals surface area contributed by atoms with Crippen LogP contribution in [0.4, 0.5) is 4.39 Å². The van der Waals surface area contributed by atoms with Gasteiger partial charge in [-0.05, 0) is 24.6 Å². The monoisotopic (exact) mass is 331 g/mol. The van der Waals surface area contributed by atoms with E-state index in [-0.39, 0.29) is 35.4 Å². The molecular weight excluding hydrogens is 313 g/mol. The summed E-state index contributed by atoms with van der Waals surface area (Å²) in [6.45, 7) is 0.786. The molecule has 0 N–H and O–H groups in total. The van der Waals surface area contributed by atoms with Crippen LogP contribution in [0.5, 0.6) is 5.75 Å². The van der Waals surface area contributed by atoms with Gasteiger partial charge in [-0.1, -0.05) is 11.6 Å². The number of carbonyl (C=O) groups excluding carboxylic acids is 1. The molecule has 0 unspecified atom stereocenters. The summed E-state index contributed by atoms with van der Waals surface area (Å²) in [4.78, 5) is 14.0. The van der Waals surface area contributed by atoms with Crippen molar-refractivity contribution in [3.05, 3.63) is 29.0 Å². The molecule has 0 aliphatic carbocycles. The Morgan fingerprint density at radius 3 is 2.86 bits per heavy atom. The standard InChI is InChI=1S/C15H19ClFNO4/c1-20-8-11-6-12(21-2)7-18(11)15(19)9-22-14-4-3-10(17)5-13(14)16/h3-5,11-12H,6-9H2,1-2H3/t11-,12-/m0/s1. The van der Waals surface area contributed by atoms with Gasteiger partial charge in [-0.3, -0.25) is 4.79 Å². The lowest BCUT2D eigenvalue weighted by Crippen LogP contribution is -2.41. The first-order valence-electron chi connectivity index (χ1n) is 6.94. The zero-order valence-electron chi connectivity index (χ0n) is 12.6. The Kier molecular flexibility index (Phi) is 5.99. The zero-order valence-corrected chi connectivity index (χ0v) is 13.3. The number of carbonyl (C=O) groups is 1. The summed E-state index contributed by atoms with van der Waals surface area (Å²) in [6, 6.07) is 3.75. The van der Waals surface area contributed by atoms with Gasteiger partial charge in [0, 0.05) is 20.8 Å². The number of hydrogen-bond donors (Lipinski definition) is 0. The first kappa shape index (κ1) is 17.0. The highest BCUT2D eigenvalue weighted by molar-refractivity contribution is 6.32. The molecule has 22 heavy (non-hydrogen) atoms. The number of ether oxygens (including phenoxy) is 3. The van der Waals surface area contributed by atoms with Gasteiger partial charge < -0.3 is 19.1 Å². The molecule has 0 saturated carbocycles. The lowest BCUT2D eigenvalue weighted by atomic mass is 10.2. The summed E-state index contributed by atoms with van der Waals surface area (Å²) in [5.74, 6) is -0.351. The van der Waals surface area contributed by atoms with Gasteiger partial charge in [0.15, 0.2) is 6.61 Å². The molecule has 1 saturated heterocycles. The average molecular weight is 332 g/mol. The van der Waals surface area contributed by atoms with Gasteiger partial charge in [-0.2, -0.15) is 0 Å². The first-order valence-corrected chi connectivity index (χ1v) is 7.32. The fraction of sp³-hybridized carbons (Fsp3) is 0.533. The van der Waals surface area contributed by atoms with Crippen molar-refractivity contribution in [3.8, 4) is 5.75 Å². The van der Waals surface area contributed by atoms with Crippen LogP contribution in [0.2, 0.25) is 5.02 Å². The number of hydrogen-bond acceptors (Lipinski definition) is 4. The lowest BCUT2D eigenvalue weighted by molar-refractivity contribution is -0.135. The number of methoxy groups -OCH3 is 2. The van der Waals surface area contributed by atoms with E-state index in [4.69, 9.17) is 25.8 Å². The normalized spacial score (nSPS) is 21.2. The molecule has 1 aromatic rings. The van der Waals surface area contributed by atoms with Gasteiger partial charge in [0.25, 0.3) is 5.91 Å². The van der Waals surface area contributed by atoms with Crippen LogP contribution in [-0.4, -0.2) is 56.9 Å². The number of nitrogens with zero attached hydrogens (tertiary/aromatic N) is 1. The van der Waals surface area contributed by atoms with Crippen LogP contribution in [0.15, 0.2) is 18.2 Å². The largest absolute Gasteiger partial charge is 0.482 e. The van der Waals surface area contributed by atoms with Crippen molar-refractivity contribution < 1.29 is 23.4 Å². The second kappa shape index (κ2) is 7.76. The van der Waals surface area contributed by atoms with Gasteiger partial charge in [0.05, 0.1) is 23.8 Å². The molecule has 1 amide bonds. The predicted octanol–water partition coefficient (Wildman–Crippen LogP) is 2.12. The molecule has 7 heteroatoms. The van der Waals surface area contributed by atoms with Gasteiger partial charge in [0.2, 0.25) is 0 Å². The van der Waals surface area contributed by atoms with Gasteiger partial charge >= 0.3 is 0 Å². The van der Waals surface area contributed by atoms with E-state index >= 15 is 0 Å². The highest BCUT2D eigenvalue weighted by Crippen LogP contribution is 2.25. The third-order valence-corrected chi connectivity index (χ3v) is 3.93. The Balaban J connectivity index is 1.95. The number of benzene rings is 1. The molecule has 0 aromatic heterocycles. The first-order chi connectivity index (χ1) is 10.5. The Morgan fingerprint density at radius 1 is 1.45 bits per heavy atom. The quantitative estimate of drug-likeness (QED) is 0.801. The molecule has 0 radical (unpaired) electrons. The van der Waals surface area contributed by atoms with Gasteiger partial charge in [-0.15, -0.1) is 0 Å². The van der Waals surface area contributed by atoms with Crippen molar-refractivity contribution in [1.29, 1.82) is 0 Å². The maximum Gasteiger partial charge on any atom is 0.260 e. The molecule has 2 atom stereocenters. The van der Waals surface area contributed by atoms with Gasteiger partial charge in [0.1, 0.15) is 11.6 Å². The second-order valence-electron chi connectivity index (χ2n) is 5.11. The molecule has 1 aliphatic heterocycles. The average Bonchev–Trinajstić information content (AvgIpc) is 2.90. The maximum atomic E-state index is 13.0. The zero-order chi connectivity index (χ0) is 16.1. The highest BCUT2D eigenvalue weighted by atomic mass is 35.5. The summed E-state index contributed by atoms with van der Waals surface area (Å²) in [6.07, 6.45) is 0.728. The van der Waals surface area contributed by atoms with E-state index in [9.17, 15) is 9.18 Å². The number of likely N-dealkylation sites (tertiary alicyclic amines) is 1. The molecule has 0 spiro atoms. The minimum atomic E-state index is -0.452. The minimum Gasteiger partial charge on any atom is -0.482 e. The summed E-state index contributed by atoms with van der Waals surface area (Å²) >= 11 is 5.87. The number of rotatable bonds is 6. The van der Waals surface area contributed by atoms with Crippen molar-refractivity contribution in [3.63, 3.8) is 0 Å². The van der Waals surface area contributed by atoms with Crippen molar-refractivity contribution in [2.45, 2.75) is 18.6 Å². The highest BCUT2D eigenvalue weighted by Gasteiger charge is 2.35. The molecule has 1 aliphatic rings. The maximum absolute atomic E-state index is 13.0. The van der Waals surface area contributed by atoms with Crippen LogP contribution >= 0.6 is 11.6 Å². The van der Waals surface area contributed by atoms with Crippen LogP contribution in [-0.2, 0) is 14.3 Å². The Bertz CT molecular complexity index is 528. The van der Waals surface area contributed by atoms with Crippen LogP contribution in [0.1, 0.15) is 6.42 Å². The molecule has 0 bridgehead atoms. The van der Waals surface area contributed by atoms with Crippen LogP contribution in [0.3, 0.4) is 0 Å². The van der Waals surface area contributed by atoms with E-state index < -0.39 is 5.82 Å². The van der Waals surface area contributed by atoms with E-state index in [2.05, 4.69) is 0 Å². The number of halogens is 2. The minimum absolute atomic E-state index is 0.00138.